The average Bonchev–Trinajstić information content (AvgIpc) is 2.92. The van der Waals surface area contributed by atoms with Crippen LogP contribution in [0.2, 0.25) is 5.02 Å². The van der Waals surface area contributed by atoms with Crippen molar-refractivity contribution >= 4 is 38.8 Å². The van der Waals surface area contributed by atoms with Crippen LogP contribution in [0, 0.1) is 20.8 Å². The SMILES string of the molecule is Cc1ccc(Cl)cc1Nc1ccc(NS(=O)(=O)c2c(C)noc2C)cn1. The topological polar surface area (TPSA) is 97.1 Å². The van der Waals surface area contributed by atoms with Gasteiger partial charge in [0.25, 0.3) is 10.0 Å². The van der Waals surface area contributed by atoms with Crippen molar-refractivity contribution in [2.75, 3.05) is 10.0 Å². The minimum absolute atomic E-state index is 0.0363. The molecule has 0 aliphatic rings. The number of nitrogens with one attached hydrogen (secondary N) is 2. The number of aromatic nitrogens is 2. The highest BCUT2D eigenvalue weighted by atomic mass is 35.5. The molecule has 0 amide bonds. The molecular formula is C17H17ClN4O3S. The first-order chi connectivity index (χ1) is 12.3. The number of hydrogen-bond donors (Lipinski definition) is 2. The summed E-state index contributed by atoms with van der Waals surface area (Å²) in [6.07, 6.45) is 1.43. The van der Waals surface area contributed by atoms with E-state index >= 15 is 0 Å². The summed E-state index contributed by atoms with van der Waals surface area (Å²) in [5, 5.41) is 7.43. The van der Waals surface area contributed by atoms with Gasteiger partial charge in [0.05, 0.1) is 11.9 Å². The van der Waals surface area contributed by atoms with E-state index in [1.807, 2.05) is 19.1 Å². The second-order valence-electron chi connectivity index (χ2n) is 5.78. The predicted octanol–water partition coefficient (Wildman–Crippen LogP) is 4.19. The van der Waals surface area contributed by atoms with E-state index in [1.165, 1.54) is 6.20 Å². The molecule has 26 heavy (non-hydrogen) atoms. The molecule has 1 aromatic carbocycles. The Bertz CT molecular complexity index is 1030. The number of sulfonamides is 1. The number of pyridine rings is 1. The highest BCUT2D eigenvalue weighted by Crippen LogP contribution is 2.25. The molecule has 0 unspecified atom stereocenters. The zero-order valence-electron chi connectivity index (χ0n) is 14.4. The second kappa shape index (κ2) is 6.97. The van der Waals surface area contributed by atoms with Crippen LogP contribution in [-0.2, 0) is 10.0 Å². The Kier molecular flexibility index (Phi) is 4.88. The van der Waals surface area contributed by atoms with Gasteiger partial charge in [0.1, 0.15) is 11.5 Å². The largest absolute Gasteiger partial charge is 0.360 e. The van der Waals surface area contributed by atoms with E-state index in [1.54, 1.807) is 32.0 Å². The number of hydrogen-bond acceptors (Lipinski definition) is 6. The van der Waals surface area contributed by atoms with Crippen LogP contribution in [0.1, 0.15) is 17.0 Å². The number of nitrogens with zero attached hydrogens (tertiary/aromatic N) is 2. The van der Waals surface area contributed by atoms with Gasteiger partial charge in [-0.15, -0.1) is 0 Å². The van der Waals surface area contributed by atoms with Crippen molar-refractivity contribution in [3.05, 3.63) is 58.6 Å². The van der Waals surface area contributed by atoms with Gasteiger partial charge in [0.15, 0.2) is 10.7 Å². The van der Waals surface area contributed by atoms with Crippen molar-refractivity contribution in [1.29, 1.82) is 0 Å². The number of anilines is 3. The maximum Gasteiger partial charge on any atom is 0.267 e. The molecule has 0 bridgehead atoms. The van der Waals surface area contributed by atoms with Gasteiger partial charge in [-0.3, -0.25) is 4.72 Å². The third kappa shape index (κ3) is 3.81. The molecule has 9 heteroatoms. The maximum atomic E-state index is 12.5. The van der Waals surface area contributed by atoms with Crippen LogP contribution in [-0.4, -0.2) is 18.6 Å². The standard InChI is InChI=1S/C17H17ClN4O3S/c1-10-4-5-13(18)8-15(10)20-16-7-6-14(9-19-16)22-26(23,24)17-11(2)21-25-12(17)3/h4-9,22H,1-3H3,(H,19,20). The Morgan fingerprint density at radius 1 is 1.12 bits per heavy atom. The fourth-order valence-corrected chi connectivity index (χ4v) is 4.01. The molecule has 0 aliphatic heterocycles. The van der Waals surface area contributed by atoms with Crippen molar-refractivity contribution < 1.29 is 12.9 Å². The fraction of sp³-hybridized carbons (Fsp3) is 0.176. The van der Waals surface area contributed by atoms with Gasteiger partial charge in [0, 0.05) is 10.7 Å². The van der Waals surface area contributed by atoms with Crippen LogP contribution in [0.3, 0.4) is 0 Å². The Balaban J connectivity index is 1.79. The summed E-state index contributed by atoms with van der Waals surface area (Å²) in [7, 11) is -3.80. The minimum Gasteiger partial charge on any atom is -0.360 e. The molecule has 0 saturated heterocycles. The van der Waals surface area contributed by atoms with Gasteiger partial charge in [-0.05, 0) is 50.6 Å². The van der Waals surface area contributed by atoms with Crippen LogP contribution in [0.25, 0.3) is 0 Å². The van der Waals surface area contributed by atoms with Crippen LogP contribution in [0.15, 0.2) is 45.9 Å². The highest BCUT2D eigenvalue weighted by molar-refractivity contribution is 7.92. The summed E-state index contributed by atoms with van der Waals surface area (Å²) in [6.45, 7) is 5.07. The van der Waals surface area contributed by atoms with E-state index in [4.69, 9.17) is 16.1 Å². The van der Waals surface area contributed by atoms with Crippen molar-refractivity contribution in [2.24, 2.45) is 0 Å². The fourth-order valence-electron chi connectivity index (χ4n) is 2.46. The number of benzene rings is 1. The summed E-state index contributed by atoms with van der Waals surface area (Å²) >= 11 is 6.01. The molecule has 2 aromatic heterocycles. The molecule has 0 spiro atoms. The van der Waals surface area contributed by atoms with E-state index < -0.39 is 10.0 Å². The van der Waals surface area contributed by atoms with Crippen LogP contribution < -0.4 is 10.0 Å². The lowest BCUT2D eigenvalue weighted by molar-refractivity contribution is 0.390. The van der Waals surface area contributed by atoms with E-state index in [9.17, 15) is 8.42 Å². The number of aryl methyl sites for hydroxylation is 3. The van der Waals surface area contributed by atoms with Gasteiger partial charge >= 0.3 is 0 Å². The first-order valence-electron chi connectivity index (χ1n) is 7.71. The summed E-state index contributed by atoms with van der Waals surface area (Å²) in [5.74, 6) is 0.799. The molecule has 7 nitrogen and oxygen atoms in total. The summed E-state index contributed by atoms with van der Waals surface area (Å²) in [6, 6.07) is 8.79. The minimum atomic E-state index is -3.80. The molecule has 0 saturated carbocycles. The molecular weight excluding hydrogens is 376 g/mol. The van der Waals surface area contributed by atoms with Gasteiger partial charge in [-0.1, -0.05) is 22.8 Å². The number of rotatable bonds is 5. The Morgan fingerprint density at radius 3 is 2.50 bits per heavy atom. The molecule has 136 valence electrons. The maximum absolute atomic E-state index is 12.5. The van der Waals surface area contributed by atoms with Crippen molar-refractivity contribution in [3.8, 4) is 0 Å². The first-order valence-corrected chi connectivity index (χ1v) is 9.57. The van der Waals surface area contributed by atoms with Crippen molar-refractivity contribution in [2.45, 2.75) is 25.7 Å². The molecule has 0 atom stereocenters. The summed E-state index contributed by atoms with van der Waals surface area (Å²) in [5.41, 5.74) is 2.48. The quantitative estimate of drug-likeness (QED) is 0.675. The van der Waals surface area contributed by atoms with Gasteiger partial charge < -0.3 is 9.84 Å². The van der Waals surface area contributed by atoms with E-state index in [0.29, 0.717) is 22.2 Å². The number of halogens is 1. The molecule has 3 aromatic rings. The predicted molar refractivity (Wildman–Crippen MR) is 100 cm³/mol. The van der Waals surface area contributed by atoms with E-state index in [2.05, 4.69) is 20.2 Å². The van der Waals surface area contributed by atoms with E-state index in [0.717, 1.165) is 11.3 Å². The lowest BCUT2D eigenvalue weighted by atomic mass is 10.2. The average molecular weight is 393 g/mol. The normalized spacial score (nSPS) is 11.4. The van der Waals surface area contributed by atoms with Crippen LogP contribution in [0.4, 0.5) is 17.2 Å². The summed E-state index contributed by atoms with van der Waals surface area (Å²) < 4.78 is 32.4. The molecule has 2 heterocycles. The Hall–Kier alpha value is -2.58. The van der Waals surface area contributed by atoms with Crippen molar-refractivity contribution in [1.82, 2.24) is 10.1 Å². The molecule has 0 fully saturated rings. The molecule has 2 N–H and O–H groups in total. The third-order valence-electron chi connectivity index (χ3n) is 3.71. The second-order valence-corrected chi connectivity index (χ2v) is 7.83. The zero-order chi connectivity index (χ0) is 18.9. The molecule has 0 radical (unpaired) electrons. The lowest BCUT2D eigenvalue weighted by Gasteiger charge is -2.11. The lowest BCUT2D eigenvalue weighted by Crippen LogP contribution is -2.14. The highest BCUT2D eigenvalue weighted by Gasteiger charge is 2.24. The Morgan fingerprint density at radius 2 is 1.88 bits per heavy atom. The Labute approximate surface area is 156 Å². The summed E-state index contributed by atoms with van der Waals surface area (Å²) in [4.78, 5) is 4.27. The van der Waals surface area contributed by atoms with Gasteiger partial charge in [-0.2, -0.15) is 0 Å². The third-order valence-corrected chi connectivity index (χ3v) is 5.57. The zero-order valence-corrected chi connectivity index (χ0v) is 15.9. The monoisotopic (exact) mass is 392 g/mol. The van der Waals surface area contributed by atoms with Gasteiger partial charge in [-0.25, -0.2) is 13.4 Å². The smallest absolute Gasteiger partial charge is 0.267 e. The first kappa shape index (κ1) is 18.2. The van der Waals surface area contributed by atoms with Crippen molar-refractivity contribution in [3.63, 3.8) is 0 Å². The van der Waals surface area contributed by atoms with Crippen LogP contribution >= 0.6 is 11.6 Å². The van der Waals surface area contributed by atoms with Crippen LogP contribution in [0.5, 0.6) is 0 Å². The van der Waals surface area contributed by atoms with E-state index in [-0.39, 0.29) is 10.7 Å². The van der Waals surface area contributed by atoms with Gasteiger partial charge in [0.2, 0.25) is 0 Å². The molecule has 0 aliphatic carbocycles. The molecule has 3 rings (SSSR count).